The maximum Gasteiger partial charge on any atom is 0.405 e. The van der Waals surface area contributed by atoms with E-state index in [0.29, 0.717) is 0 Å². The fraction of sp³-hybridized carbons (Fsp3) is 0.462. The van der Waals surface area contributed by atoms with Crippen LogP contribution in [0, 0.1) is 0 Å². The monoisotopic (exact) mass is 400 g/mol. The van der Waals surface area contributed by atoms with Crippen LogP contribution in [0.15, 0.2) is 29.2 Å². The van der Waals surface area contributed by atoms with Crippen molar-refractivity contribution in [3.05, 3.63) is 29.8 Å². The van der Waals surface area contributed by atoms with Gasteiger partial charge in [-0.05, 0) is 30.7 Å². The minimum Gasteiger partial charge on any atom is -0.343 e. The van der Waals surface area contributed by atoms with Gasteiger partial charge in [0.25, 0.3) is 5.91 Å². The zero-order valence-corrected chi connectivity index (χ0v) is 14.3. The summed E-state index contributed by atoms with van der Waals surface area (Å²) in [6.45, 7) is -1.50. The normalized spacial score (nSPS) is 20.4. The van der Waals surface area contributed by atoms with Crippen LogP contribution in [0.5, 0.6) is 0 Å². The Bertz CT molecular complexity index is 849. The Morgan fingerprint density at radius 3 is 2.28 bits per heavy atom. The smallest absolute Gasteiger partial charge is 0.343 e. The highest BCUT2D eigenvalue weighted by molar-refractivity contribution is 7.92. The van der Waals surface area contributed by atoms with E-state index in [1.165, 1.54) is 0 Å². The molecule has 25 heavy (non-hydrogen) atoms. The van der Waals surface area contributed by atoms with Crippen LogP contribution in [-0.2, 0) is 19.9 Å². The SMILES string of the molecule is O=C(NCC(F)(F)F)c1ccc(S(=O)(=O)N[C@@H]2CCS(=O)(=O)C2)cc1. The molecule has 0 aromatic heterocycles. The van der Waals surface area contributed by atoms with Gasteiger partial charge in [0.2, 0.25) is 10.0 Å². The van der Waals surface area contributed by atoms with Crippen LogP contribution in [0.3, 0.4) is 0 Å². The standard InChI is InChI=1S/C13H15F3N2O5S2/c14-13(15,16)8-17-12(19)9-1-3-11(4-2-9)25(22,23)18-10-5-6-24(20,21)7-10/h1-4,10,18H,5-8H2,(H,17,19)/t10-/m1/s1. The van der Waals surface area contributed by atoms with E-state index in [1.54, 1.807) is 5.32 Å². The third-order valence-electron chi connectivity index (χ3n) is 3.43. The van der Waals surface area contributed by atoms with Crippen molar-refractivity contribution in [2.24, 2.45) is 0 Å². The van der Waals surface area contributed by atoms with Crippen LogP contribution in [0.2, 0.25) is 0 Å². The second-order valence-corrected chi connectivity index (χ2v) is 9.49. The van der Waals surface area contributed by atoms with Crippen LogP contribution in [0.25, 0.3) is 0 Å². The van der Waals surface area contributed by atoms with Gasteiger partial charge in [-0.1, -0.05) is 0 Å². The molecule has 12 heteroatoms. The summed E-state index contributed by atoms with van der Waals surface area (Å²) in [5.41, 5.74) is -0.133. The molecular formula is C13H15F3N2O5S2. The van der Waals surface area contributed by atoms with Crippen molar-refractivity contribution in [3.63, 3.8) is 0 Å². The minimum absolute atomic E-state index is 0.0987. The fourth-order valence-corrected chi connectivity index (χ4v) is 5.29. The number of carbonyl (C=O) groups is 1. The summed E-state index contributed by atoms with van der Waals surface area (Å²) in [5, 5.41) is 1.67. The summed E-state index contributed by atoms with van der Waals surface area (Å²) in [6.07, 6.45) is -4.38. The topological polar surface area (TPSA) is 109 Å². The van der Waals surface area contributed by atoms with Crippen molar-refractivity contribution >= 4 is 25.8 Å². The molecule has 1 fully saturated rings. The number of sulfone groups is 1. The molecule has 140 valence electrons. The predicted molar refractivity (Wildman–Crippen MR) is 82.2 cm³/mol. The molecular weight excluding hydrogens is 385 g/mol. The molecule has 2 N–H and O–H groups in total. The highest BCUT2D eigenvalue weighted by Crippen LogP contribution is 2.17. The molecule has 1 saturated heterocycles. The third-order valence-corrected chi connectivity index (χ3v) is 6.73. The molecule has 2 rings (SSSR count). The Morgan fingerprint density at radius 2 is 1.80 bits per heavy atom. The number of sulfonamides is 1. The number of carbonyl (C=O) groups excluding carboxylic acids is 1. The van der Waals surface area contributed by atoms with Crippen LogP contribution in [0.1, 0.15) is 16.8 Å². The Hall–Kier alpha value is -1.66. The van der Waals surface area contributed by atoms with Gasteiger partial charge in [-0.25, -0.2) is 21.6 Å². The Balaban J connectivity index is 2.04. The van der Waals surface area contributed by atoms with E-state index >= 15 is 0 Å². The summed E-state index contributed by atoms with van der Waals surface area (Å²) < 4.78 is 85.5. The molecule has 1 aliphatic rings. The Morgan fingerprint density at radius 1 is 1.20 bits per heavy atom. The summed E-state index contributed by atoms with van der Waals surface area (Å²) in [5.74, 6) is -1.38. The molecule has 0 aliphatic carbocycles. The van der Waals surface area contributed by atoms with Crippen molar-refractivity contribution in [2.75, 3.05) is 18.1 Å². The van der Waals surface area contributed by atoms with Gasteiger partial charge in [0.15, 0.2) is 9.84 Å². The first-order valence-corrected chi connectivity index (χ1v) is 10.4. The van der Waals surface area contributed by atoms with Gasteiger partial charge < -0.3 is 5.32 Å². The van der Waals surface area contributed by atoms with Crippen LogP contribution in [0.4, 0.5) is 13.2 Å². The predicted octanol–water partition coefficient (Wildman–Crippen LogP) is 0.444. The van der Waals surface area contributed by atoms with E-state index in [2.05, 4.69) is 4.72 Å². The molecule has 1 heterocycles. The van der Waals surface area contributed by atoms with Gasteiger partial charge in [-0.3, -0.25) is 4.79 Å². The number of nitrogens with one attached hydrogen (secondary N) is 2. The molecule has 1 amide bonds. The molecule has 7 nitrogen and oxygen atoms in total. The van der Waals surface area contributed by atoms with Crippen LogP contribution in [-0.4, -0.2) is 53.0 Å². The first kappa shape index (κ1) is 19.7. The highest BCUT2D eigenvalue weighted by atomic mass is 32.2. The van der Waals surface area contributed by atoms with Crippen molar-refractivity contribution in [2.45, 2.75) is 23.5 Å². The van der Waals surface area contributed by atoms with Gasteiger partial charge in [-0.2, -0.15) is 13.2 Å². The highest BCUT2D eigenvalue weighted by Gasteiger charge is 2.31. The molecule has 0 radical (unpaired) electrons. The summed E-state index contributed by atoms with van der Waals surface area (Å²) in [6, 6.07) is 3.55. The molecule has 0 unspecified atom stereocenters. The first-order chi connectivity index (χ1) is 11.4. The van der Waals surface area contributed by atoms with Crippen molar-refractivity contribution < 1.29 is 34.8 Å². The number of amides is 1. The zero-order chi connectivity index (χ0) is 18.9. The van der Waals surface area contributed by atoms with Gasteiger partial charge in [0.1, 0.15) is 6.54 Å². The van der Waals surface area contributed by atoms with Crippen molar-refractivity contribution in [1.29, 1.82) is 0 Å². The summed E-state index contributed by atoms with van der Waals surface area (Å²) >= 11 is 0. The molecule has 0 bridgehead atoms. The van der Waals surface area contributed by atoms with Crippen LogP contribution < -0.4 is 10.0 Å². The number of rotatable bonds is 5. The molecule has 1 atom stereocenters. The minimum atomic E-state index is -4.55. The van der Waals surface area contributed by atoms with Crippen LogP contribution >= 0.6 is 0 Å². The lowest BCUT2D eigenvalue weighted by Crippen LogP contribution is -2.35. The van der Waals surface area contributed by atoms with Gasteiger partial charge >= 0.3 is 6.18 Å². The zero-order valence-electron chi connectivity index (χ0n) is 12.7. The first-order valence-electron chi connectivity index (χ1n) is 7.06. The largest absolute Gasteiger partial charge is 0.405 e. The second-order valence-electron chi connectivity index (χ2n) is 5.54. The third kappa shape index (κ3) is 5.68. The maximum atomic E-state index is 12.2. The molecule has 1 aromatic carbocycles. The van der Waals surface area contributed by atoms with Crippen molar-refractivity contribution in [1.82, 2.24) is 10.0 Å². The number of halogens is 3. The van der Waals surface area contributed by atoms with E-state index in [-0.39, 0.29) is 28.4 Å². The van der Waals surface area contributed by atoms with Gasteiger partial charge in [0, 0.05) is 11.6 Å². The second kappa shape index (κ2) is 6.92. The number of hydrogen-bond donors (Lipinski definition) is 2. The van der Waals surface area contributed by atoms with Gasteiger partial charge in [0.05, 0.1) is 16.4 Å². The number of benzene rings is 1. The maximum absolute atomic E-state index is 12.2. The van der Waals surface area contributed by atoms with E-state index in [9.17, 15) is 34.8 Å². The van der Waals surface area contributed by atoms with E-state index in [1.807, 2.05) is 0 Å². The van der Waals surface area contributed by atoms with E-state index < -0.39 is 44.5 Å². The lowest BCUT2D eigenvalue weighted by molar-refractivity contribution is -0.123. The molecule has 0 spiro atoms. The molecule has 1 aromatic rings. The summed E-state index contributed by atoms with van der Waals surface area (Å²) in [4.78, 5) is 11.3. The summed E-state index contributed by atoms with van der Waals surface area (Å²) in [7, 11) is -7.26. The fourth-order valence-electron chi connectivity index (χ4n) is 2.24. The average molecular weight is 400 g/mol. The van der Waals surface area contributed by atoms with Crippen molar-refractivity contribution in [3.8, 4) is 0 Å². The lowest BCUT2D eigenvalue weighted by atomic mass is 10.2. The van der Waals surface area contributed by atoms with E-state index in [0.717, 1.165) is 24.3 Å². The Labute approximate surface area is 142 Å². The lowest BCUT2D eigenvalue weighted by Gasteiger charge is -2.12. The van der Waals surface area contributed by atoms with Gasteiger partial charge in [-0.15, -0.1) is 0 Å². The number of alkyl halides is 3. The Kier molecular flexibility index (Phi) is 5.44. The van der Waals surface area contributed by atoms with E-state index in [4.69, 9.17) is 0 Å². The molecule has 0 saturated carbocycles. The molecule has 1 aliphatic heterocycles. The number of hydrogen-bond acceptors (Lipinski definition) is 5. The average Bonchev–Trinajstić information content (AvgIpc) is 2.82. The quantitative estimate of drug-likeness (QED) is 0.746.